The molecule has 2 aromatic heterocycles. The lowest BCUT2D eigenvalue weighted by Crippen LogP contribution is -2.32. The summed E-state index contributed by atoms with van der Waals surface area (Å²) in [6.45, 7) is 2.47. The van der Waals surface area contributed by atoms with Gasteiger partial charge >= 0.3 is 0 Å². The Labute approximate surface area is 151 Å². The van der Waals surface area contributed by atoms with Crippen molar-refractivity contribution in [2.45, 2.75) is 24.1 Å². The van der Waals surface area contributed by atoms with Gasteiger partial charge in [0.05, 0.1) is 34.8 Å². The van der Waals surface area contributed by atoms with E-state index >= 15 is 0 Å². The number of benzene rings is 1. The van der Waals surface area contributed by atoms with E-state index < -0.39 is 9.84 Å². The zero-order chi connectivity index (χ0) is 18.3. The fourth-order valence-electron chi connectivity index (χ4n) is 3.33. The van der Waals surface area contributed by atoms with Crippen LogP contribution in [0, 0.1) is 0 Å². The first-order valence-electron chi connectivity index (χ1n) is 8.39. The number of fused-ring (bicyclic) bond motifs is 3. The summed E-state index contributed by atoms with van der Waals surface area (Å²) in [5.41, 5.74) is 2.74. The quantitative estimate of drug-likeness (QED) is 0.716. The van der Waals surface area contributed by atoms with Gasteiger partial charge in [0, 0.05) is 38.2 Å². The maximum atomic E-state index is 11.8. The molecule has 1 unspecified atom stereocenters. The maximum Gasteiger partial charge on any atom is 0.175 e. The molecule has 8 nitrogen and oxygen atoms in total. The molecule has 3 heterocycles. The molecule has 26 heavy (non-hydrogen) atoms. The summed E-state index contributed by atoms with van der Waals surface area (Å²) in [5.74, 6) is 0.824. The summed E-state index contributed by atoms with van der Waals surface area (Å²) in [7, 11) is -1.36. The fraction of sp³-hybridized carbons (Fsp3) is 0.412. The largest absolute Gasteiger partial charge is 0.371 e. The average Bonchev–Trinajstić information content (AvgIpc) is 3.17. The van der Waals surface area contributed by atoms with Gasteiger partial charge in [-0.3, -0.25) is 4.68 Å². The van der Waals surface area contributed by atoms with Gasteiger partial charge in [0.15, 0.2) is 9.84 Å². The van der Waals surface area contributed by atoms with Gasteiger partial charge in [0.1, 0.15) is 12.4 Å². The number of aryl methyl sites for hydroxylation is 1. The number of rotatable bonds is 5. The molecule has 138 valence electrons. The monoisotopic (exact) mass is 375 g/mol. The van der Waals surface area contributed by atoms with Gasteiger partial charge in [-0.2, -0.15) is 5.10 Å². The minimum Gasteiger partial charge on any atom is -0.371 e. The van der Waals surface area contributed by atoms with E-state index in [9.17, 15) is 8.42 Å². The van der Waals surface area contributed by atoms with Crippen molar-refractivity contribution in [3.05, 3.63) is 42.0 Å². The molecule has 0 amide bonds. The van der Waals surface area contributed by atoms with E-state index in [1.165, 1.54) is 6.26 Å². The predicted molar refractivity (Wildman–Crippen MR) is 96.5 cm³/mol. The molecule has 4 rings (SSSR count). The van der Waals surface area contributed by atoms with Gasteiger partial charge < -0.3 is 14.6 Å². The van der Waals surface area contributed by atoms with E-state index in [2.05, 4.69) is 20.0 Å². The van der Waals surface area contributed by atoms with Gasteiger partial charge in [0.25, 0.3) is 0 Å². The molecule has 1 atom stereocenters. The second-order valence-electron chi connectivity index (χ2n) is 6.64. The van der Waals surface area contributed by atoms with E-state index in [0.29, 0.717) is 18.7 Å². The zero-order valence-corrected chi connectivity index (χ0v) is 15.5. The number of nitrogens with zero attached hydrogens (tertiary/aromatic N) is 4. The standard InChI is InChI=1S/C17H21N5O3S/c1-21-9-12(7-19-21)6-18-8-13-10-25-11-17-20-15-5-14(26(2,23)24)3-4-16(15)22(13)17/h3-5,7,9,13,18H,6,8,10-11H2,1-2H3. The number of nitrogens with one attached hydrogen (secondary N) is 1. The Hall–Kier alpha value is -2.23. The molecule has 1 N–H and O–H groups in total. The van der Waals surface area contributed by atoms with Crippen LogP contribution in [0.3, 0.4) is 0 Å². The van der Waals surface area contributed by atoms with Gasteiger partial charge in [-0.05, 0) is 18.2 Å². The molecule has 0 bridgehead atoms. The van der Waals surface area contributed by atoms with Crippen LogP contribution in [-0.4, -0.2) is 47.2 Å². The lowest BCUT2D eigenvalue weighted by atomic mass is 10.2. The van der Waals surface area contributed by atoms with Crippen molar-refractivity contribution in [1.82, 2.24) is 24.6 Å². The average molecular weight is 375 g/mol. The molecule has 0 radical (unpaired) electrons. The molecule has 0 saturated carbocycles. The Bertz CT molecular complexity index is 1050. The number of hydrogen-bond donors (Lipinski definition) is 1. The summed E-state index contributed by atoms with van der Waals surface area (Å²) in [4.78, 5) is 4.86. The Morgan fingerprint density at radius 2 is 2.23 bits per heavy atom. The molecule has 9 heteroatoms. The molecule has 3 aromatic rings. The minimum atomic E-state index is -3.25. The highest BCUT2D eigenvalue weighted by atomic mass is 32.2. The third kappa shape index (κ3) is 3.25. The van der Waals surface area contributed by atoms with Crippen molar-refractivity contribution in [3.8, 4) is 0 Å². The lowest BCUT2D eigenvalue weighted by Gasteiger charge is -2.26. The van der Waals surface area contributed by atoms with Crippen molar-refractivity contribution in [2.24, 2.45) is 7.05 Å². The number of ether oxygens (including phenoxy) is 1. The van der Waals surface area contributed by atoms with E-state index in [4.69, 9.17) is 4.74 Å². The summed E-state index contributed by atoms with van der Waals surface area (Å²) in [6.07, 6.45) is 5.03. The van der Waals surface area contributed by atoms with Gasteiger partial charge in [-0.15, -0.1) is 0 Å². The second kappa shape index (κ2) is 6.49. The van der Waals surface area contributed by atoms with E-state index in [1.54, 1.807) is 16.8 Å². The molecule has 0 spiro atoms. The third-order valence-electron chi connectivity index (χ3n) is 4.54. The molecule has 1 aliphatic heterocycles. The molecular weight excluding hydrogens is 354 g/mol. The molecule has 1 aromatic carbocycles. The highest BCUT2D eigenvalue weighted by molar-refractivity contribution is 7.90. The molecule has 0 aliphatic carbocycles. The van der Waals surface area contributed by atoms with Crippen LogP contribution in [0.25, 0.3) is 11.0 Å². The number of sulfone groups is 1. The van der Waals surface area contributed by atoms with Crippen molar-refractivity contribution >= 4 is 20.9 Å². The Balaban J connectivity index is 1.58. The van der Waals surface area contributed by atoms with Crippen LogP contribution in [0.1, 0.15) is 17.4 Å². The summed E-state index contributed by atoms with van der Waals surface area (Å²) >= 11 is 0. The lowest BCUT2D eigenvalue weighted by molar-refractivity contribution is 0.0564. The van der Waals surface area contributed by atoms with Crippen molar-refractivity contribution < 1.29 is 13.2 Å². The first-order chi connectivity index (χ1) is 12.4. The van der Waals surface area contributed by atoms with Crippen molar-refractivity contribution in [2.75, 3.05) is 19.4 Å². The molecular formula is C17H21N5O3S. The van der Waals surface area contributed by atoms with Crippen molar-refractivity contribution in [3.63, 3.8) is 0 Å². The molecule has 0 saturated heterocycles. The highest BCUT2D eigenvalue weighted by Crippen LogP contribution is 2.27. The van der Waals surface area contributed by atoms with Crippen LogP contribution in [0.2, 0.25) is 0 Å². The third-order valence-corrected chi connectivity index (χ3v) is 5.65. The van der Waals surface area contributed by atoms with Gasteiger partial charge in [0.2, 0.25) is 0 Å². The van der Waals surface area contributed by atoms with Crippen LogP contribution in [-0.2, 0) is 34.8 Å². The Kier molecular flexibility index (Phi) is 4.29. The van der Waals surface area contributed by atoms with E-state index in [-0.39, 0.29) is 10.9 Å². The summed E-state index contributed by atoms with van der Waals surface area (Å²) < 4.78 is 33.2. The number of hydrogen-bond acceptors (Lipinski definition) is 6. The molecule has 0 fully saturated rings. The van der Waals surface area contributed by atoms with E-state index in [0.717, 1.165) is 30.0 Å². The van der Waals surface area contributed by atoms with Crippen LogP contribution < -0.4 is 5.32 Å². The van der Waals surface area contributed by atoms with Crippen LogP contribution in [0.15, 0.2) is 35.5 Å². The Morgan fingerprint density at radius 3 is 2.96 bits per heavy atom. The normalized spacial score (nSPS) is 17.5. The highest BCUT2D eigenvalue weighted by Gasteiger charge is 2.24. The SMILES string of the molecule is Cn1cc(CNCC2COCc3nc4cc(S(C)(=O)=O)ccc4n32)cn1. The first-order valence-corrected chi connectivity index (χ1v) is 10.3. The summed E-state index contributed by atoms with van der Waals surface area (Å²) in [5, 5.41) is 7.60. The first kappa shape index (κ1) is 17.2. The van der Waals surface area contributed by atoms with E-state index in [1.807, 2.05) is 25.5 Å². The number of imidazole rings is 1. The van der Waals surface area contributed by atoms with Crippen LogP contribution >= 0.6 is 0 Å². The van der Waals surface area contributed by atoms with Crippen molar-refractivity contribution in [1.29, 1.82) is 0 Å². The van der Waals surface area contributed by atoms with Gasteiger partial charge in [-0.1, -0.05) is 0 Å². The van der Waals surface area contributed by atoms with Crippen LogP contribution in [0.5, 0.6) is 0 Å². The zero-order valence-electron chi connectivity index (χ0n) is 14.7. The van der Waals surface area contributed by atoms with Gasteiger partial charge in [-0.25, -0.2) is 13.4 Å². The minimum absolute atomic E-state index is 0.101. The summed E-state index contributed by atoms with van der Waals surface area (Å²) in [6, 6.07) is 5.21. The number of aromatic nitrogens is 4. The fourth-order valence-corrected chi connectivity index (χ4v) is 3.97. The van der Waals surface area contributed by atoms with Crippen LogP contribution in [0.4, 0.5) is 0 Å². The maximum absolute atomic E-state index is 11.8. The predicted octanol–water partition coefficient (Wildman–Crippen LogP) is 1.03. The topological polar surface area (TPSA) is 91.0 Å². The smallest absolute Gasteiger partial charge is 0.175 e. The second-order valence-corrected chi connectivity index (χ2v) is 8.66. The molecule has 1 aliphatic rings. The Morgan fingerprint density at radius 1 is 1.38 bits per heavy atom.